The van der Waals surface area contributed by atoms with E-state index in [-0.39, 0.29) is 18.2 Å². The van der Waals surface area contributed by atoms with Crippen molar-refractivity contribution in [1.29, 1.82) is 0 Å². The predicted molar refractivity (Wildman–Crippen MR) is 71.3 cm³/mol. The quantitative estimate of drug-likeness (QED) is 0.358. The van der Waals surface area contributed by atoms with Gasteiger partial charge in [-0.1, -0.05) is 11.6 Å². The highest BCUT2D eigenvalue weighted by molar-refractivity contribution is 6.30. The van der Waals surface area contributed by atoms with E-state index in [4.69, 9.17) is 16.3 Å². The van der Waals surface area contributed by atoms with Gasteiger partial charge in [0.25, 0.3) is 5.69 Å². The molecule has 0 aliphatic rings. The SMILES string of the molecule is CCOC(=O)CNCCc1cc(Cl)ccc1[N+](=O)[O-]. The lowest BCUT2D eigenvalue weighted by atomic mass is 10.1. The fourth-order valence-corrected chi connectivity index (χ4v) is 1.75. The summed E-state index contributed by atoms with van der Waals surface area (Å²) in [6.07, 6.45) is 0.413. The van der Waals surface area contributed by atoms with Gasteiger partial charge in [-0.05, 0) is 32.0 Å². The van der Waals surface area contributed by atoms with Crippen LogP contribution in [0.5, 0.6) is 0 Å². The maximum atomic E-state index is 11.1. The molecule has 1 rings (SSSR count). The maximum Gasteiger partial charge on any atom is 0.319 e. The molecule has 0 atom stereocenters. The molecular formula is C12H15ClN2O4. The number of benzene rings is 1. The highest BCUT2D eigenvalue weighted by Gasteiger charge is 2.13. The van der Waals surface area contributed by atoms with Crippen LogP contribution < -0.4 is 5.32 Å². The van der Waals surface area contributed by atoms with Crippen molar-refractivity contribution in [3.63, 3.8) is 0 Å². The van der Waals surface area contributed by atoms with E-state index < -0.39 is 4.92 Å². The first kappa shape index (κ1) is 15.4. The van der Waals surface area contributed by atoms with Gasteiger partial charge in [0.2, 0.25) is 0 Å². The van der Waals surface area contributed by atoms with Crippen LogP contribution in [0.3, 0.4) is 0 Å². The fraction of sp³-hybridized carbons (Fsp3) is 0.417. The standard InChI is InChI=1S/C12H15ClN2O4/c1-2-19-12(16)8-14-6-5-9-7-10(13)3-4-11(9)15(17)18/h3-4,7,14H,2,5-6,8H2,1H3. The van der Waals surface area contributed by atoms with Crippen molar-refractivity contribution >= 4 is 23.3 Å². The third kappa shape index (κ3) is 5.23. The summed E-state index contributed by atoms with van der Waals surface area (Å²) in [4.78, 5) is 21.4. The average molecular weight is 287 g/mol. The van der Waals surface area contributed by atoms with E-state index >= 15 is 0 Å². The molecule has 6 nitrogen and oxygen atoms in total. The van der Waals surface area contributed by atoms with Crippen LogP contribution in [0, 0.1) is 10.1 Å². The van der Waals surface area contributed by atoms with Gasteiger partial charge in [-0.25, -0.2) is 0 Å². The smallest absolute Gasteiger partial charge is 0.319 e. The molecule has 0 aliphatic carbocycles. The molecule has 0 aliphatic heterocycles. The minimum absolute atomic E-state index is 0.0299. The maximum absolute atomic E-state index is 11.1. The number of ether oxygens (including phenoxy) is 1. The number of esters is 1. The van der Waals surface area contributed by atoms with Crippen molar-refractivity contribution in [2.75, 3.05) is 19.7 Å². The number of rotatable bonds is 7. The minimum Gasteiger partial charge on any atom is -0.465 e. The molecular weight excluding hydrogens is 272 g/mol. The van der Waals surface area contributed by atoms with E-state index in [1.54, 1.807) is 13.0 Å². The second kappa shape index (κ2) is 7.70. The molecule has 0 saturated heterocycles. The molecule has 0 radical (unpaired) electrons. The summed E-state index contributed by atoms with van der Waals surface area (Å²) >= 11 is 5.81. The third-order valence-electron chi connectivity index (χ3n) is 2.38. The summed E-state index contributed by atoms with van der Waals surface area (Å²) < 4.78 is 4.74. The van der Waals surface area contributed by atoms with Crippen molar-refractivity contribution < 1.29 is 14.5 Å². The average Bonchev–Trinajstić information content (AvgIpc) is 2.34. The lowest BCUT2D eigenvalue weighted by Crippen LogP contribution is -2.26. The summed E-state index contributed by atoms with van der Waals surface area (Å²) in [5, 5.41) is 14.1. The van der Waals surface area contributed by atoms with Crippen molar-refractivity contribution in [3.8, 4) is 0 Å². The van der Waals surface area contributed by atoms with E-state index in [1.807, 2.05) is 0 Å². The summed E-state index contributed by atoms with van der Waals surface area (Å²) in [7, 11) is 0. The molecule has 104 valence electrons. The molecule has 0 unspecified atom stereocenters. The molecule has 19 heavy (non-hydrogen) atoms. The number of nitro benzene ring substituents is 1. The largest absolute Gasteiger partial charge is 0.465 e. The number of carbonyl (C=O) groups excluding carboxylic acids is 1. The lowest BCUT2D eigenvalue weighted by molar-refractivity contribution is -0.385. The second-order valence-electron chi connectivity index (χ2n) is 3.76. The Morgan fingerprint density at radius 1 is 1.53 bits per heavy atom. The number of hydrogen-bond donors (Lipinski definition) is 1. The van der Waals surface area contributed by atoms with Gasteiger partial charge in [0.15, 0.2) is 0 Å². The molecule has 1 N–H and O–H groups in total. The number of hydrogen-bond acceptors (Lipinski definition) is 5. The Hall–Kier alpha value is -1.66. The van der Waals surface area contributed by atoms with Crippen LogP contribution in [0.25, 0.3) is 0 Å². The van der Waals surface area contributed by atoms with Gasteiger partial charge in [-0.15, -0.1) is 0 Å². The normalized spacial score (nSPS) is 10.2. The van der Waals surface area contributed by atoms with Gasteiger partial charge >= 0.3 is 5.97 Å². The van der Waals surface area contributed by atoms with Crippen LogP contribution >= 0.6 is 11.6 Å². The van der Waals surface area contributed by atoms with Gasteiger partial charge in [0, 0.05) is 16.7 Å². The van der Waals surface area contributed by atoms with Gasteiger partial charge in [-0.2, -0.15) is 0 Å². The minimum atomic E-state index is -0.447. The van der Waals surface area contributed by atoms with Crippen LogP contribution in [0.15, 0.2) is 18.2 Å². The summed E-state index contributed by atoms with van der Waals surface area (Å²) in [6, 6.07) is 4.42. The molecule has 0 saturated carbocycles. The number of carbonyl (C=O) groups is 1. The van der Waals surface area contributed by atoms with E-state index in [0.717, 1.165) is 0 Å². The highest BCUT2D eigenvalue weighted by Crippen LogP contribution is 2.22. The molecule has 0 heterocycles. The van der Waals surface area contributed by atoms with Crippen molar-refractivity contribution in [3.05, 3.63) is 38.9 Å². The topological polar surface area (TPSA) is 81.5 Å². The van der Waals surface area contributed by atoms with Crippen molar-refractivity contribution in [1.82, 2.24) is 5.32 Å². The molecule has 1 aromatic carbocycles. The van der Waals surface area contributed by atoms with Gasteiger partial charge in [0.05, 0.1) is 18.1 Å². The highest BCUT2D eigenvalue weighted by atomic mass is 35.5. The lowest BCUT2D eigenvalue weighted by Gasteiger charge is -2.06. The Morgan fingerprint density at radius 3 is 2.89 bits per heavy atom. The first-order chi connectivity index (χ1) is 9.04. The van der Waals surface area contributed by atoms with Gasteiger partial charge in [-0.3, -0.25) is 14.9 Å². The molecule has 0 amide bonds. The van der Waals surface area contributed by atoms with Crippen LogP contribution in [-0.4, -0.2) is 30.6 Å². The van der Waals surface area contributed by atoms with Crippen LogP contribution in [0.4, 0.5) is 5.69 Å². The Morgan fingerprint density at radius 2 is 2.26 bits per heavy atom. The zero-order chi connectivity index (χ0) is 14.3. The monoisotopic (exact) mass is 286 g/mol. The van der Waals surface area contributed by atoms with Crippen LogP contribution in [-0.2, 0) is 16.0 Å². The van der Waals surface area contributed by atoms with E-state index in [0.29, 0.717) is 30.2 Å². The molecule has 0 bridgehead atoms. The van der Waals surface area contributed by atoms with Crippen LogP contribution in [0.1, 0.15) is 12.5 Å². The molecule has 0 aromatic heterocycles. The molecule has 0 fully saturated rings. The summed E-state index contributed by atoms with van der Waals surface area (Å²) in [5.41, 5.74) is 0.566. The van der Waals surface area contributed by atoms with Gasteiger partial charge < -0.3 is 10.1 Å². The van der Waals surface area contributed by atoms with Crippen LogP contribution in [0.2, 0.25) is 5.02 Å². The number of nitrogens with zero attached hydrogens (tertiary/aromatic N) is 1. The Kier molecular flexibility index (Phi) is 6.24. The zero-order valence-corrected chi connectivity index (χ0v) is 11.3. The Bertz CT molecular complexity index is 465. The number of halogens is 1. The van der Waals surface area contributed by atoms with E-state index in [1.165, 1.54) is 12.1 Å². The first-order valence-electron chi connectivity index (χ1n) is 5.83. The number of nitro groups is 1. The van der Waals surface area contributed by atoms with E-state index in [2.05, 4.69) is 5.32 Å². The fourth-order valence-electron chi connectivity index (χ4n) is 1.56. The Labute approximate surface area is 115 Å². The summed E-state index contributed by atoms with van der Waals surface area (Å²) in [6.45, 7) is 2.58. The van der Waals surface area contributed by atoms with Gasteiger partial charge in [0.1, 0.15) is 0 Å². The zero-order valence-electron chi connectivity index (χ0n) is 10.5. The predicted octanol–water partition coefficient (Wildman–Crippen LogP) is 1.94. The summed E-state index contributed by atoms with van der Waals surface area (Å²) in [5.74, 6) is -0.344. The number of nitrogens with one attached hydrogen (secondary N) is 1. The third-order valence-corrected chi connectivity index (χ3v) is 2.62. The van der Waals surface area contributed by atoms with Crippen molar-refractivity contribution in [2.45, 2.75) is 13.3 Å². The molecule has 7 heteroatoms. The first-order valence-corrected chi connectivity index (χ1v) is 6.21. The Balaban J connectivity index is 2.51. The molecule has 1 aromatic rings. The van der Waals surface area contributed by atoms with E-state index in [9.17, 15) is 14.9 Å². The second-order valence-corrected chi connectivity index (χ2v) is 4.20. The molecule has 0 spiro atoms. The van der Waals surface area contributed by atoms with Crippen molar-refractivity contribution in [2.24, 2.45) is 0 Å².